The number of ether oxygens (including phenoxy) is 2. The predicted octanol–water partition coefficient (Wildman–Crippen LogP) is 6.14. The minimum Gasteiger partial charge on any atom is -0.454 e. The van der Waals surface area contributed by atoms with Gasteiger partial charge in [0.05, 0.1) is 10.7 Å². The zero-order valence-corrected chi connectivity index (χ0v) is 31.6. The maximum Gasteiger partial charge on any atom is 0.323 e. The van der Waals surface area contributed by atoms with Crippen molar-refractivity contribution in [3.63, 3.8) is 0 Å². The number of carbonyl (C=O) groups excluding carboxylic acids is 3. The molecule has 4 fully saturated rings. The second kappa shape index (κ2) is 14.6. The van der Waals surface area contributed by atoms with E-state index in [4.69, 9.17) is 25.9 Å². The summed E-state index contributed by atoms with van der Waals surface area (Å²) in [6.45, 7) is 8.92. The van der Waals surface area contributed by atoms with Crippen molar-refractivity contribution in [3.05, 3.63) is 40.4 Å². The fraction of sp³-hybridized carbons (Fsp3) is 0.725. The number of rotatable bonds is 9. The van der Waals surface area contributed by atoms with Crippen molar-refractivity contribution in [2.24, 2.45) is 35.5 Å². The molecular weight excluding hydrogens is 670 g/mol. The number of nitrogens with zero attached hydrogens (tertiary/aromatic N) is 2. The second-order valence-electron chi connectivity index (χ2n) is 16.6. The topological polar surface area (TPSA) is 118 Å². The molecule has 0 bridgehead atoms. The van der Waals surface area contributed by atoms with E-state index in [1.807, 2.05) is 32.0 Å². The SMILES string of the molecule is CC(=O)OC1C(C)=C[C@@H]2[C@H](C(C)CN(CC3CCCCC3)C(=O)C3CC3)CC[C@H](C)[C@]2(O)[C@H]1OC(=O)[C@@H]1C[C@@H]2c3cccc(Cl)c3N(C)O[C@H]2N1. The number of fused-ring (bicyclic) bond motifs is 4. The van der Waals surface area contributed by atoms with Crippen LogP contribution in [0.15, 0.2) is 29.8 Å². The summed E-state index contributed by atoms with van der Waals surface area (Å²) in [5.41, 5.74) is 1.05. The number of para-hydroxylation sites is 1. The molecule has 10 atom stereocenters. The lowest BCUT2D eigenvalue weighted by molar-refractivity contribution is -0.225. The molecule has 280 valence electrons. The maximum absolute atomic E-state index is 14.2. The van der Waals surface area contributed by atoms with Crippen molar-refractivity contribution >= 4 is 35.1 Å². The van der Waals surface area contributed by atoms with Crippen LogP contribution < -0.4 is 10.4 Å². The molecule has 2 N–H and O–H groups in total. The summed E-state index contributed by atoms with van der Waals surface area (Å²) in [5, 5.41) is 18.5. The minimum atomic E-state index is -1.48. The van der Waals surface area contributed by atoms with Gasteiger partial charge in [0.2, 0.25) is 5.91 Å². The van der Waals surface area contributed by atoms with Crippen LogP contribution in [0.3, 0.4) is 0 Å². The van der Waals surface area contributed by atoms with E-state index >= 15 is 0 Å². The average molecular weight is 726 g/mol. The molecule has 2 aliphatic heterocycles. The highest BCUT2D eigenvalue weighted by molar-refractivity contribution is 6.33. The molecule has 0 radical (unpaired) electrons. The summed E-state index contributed by atoms with van der Waals surface area (Å²) in [5.74, 6) is -0.602. The van der Waals surface area contributed by atoms with E-state index in [2.05, 4.69) is 23.2 Å². The lowest BCUT2D eigenvalue weighted by Gasteiger charge is -2.56. The van der Waals surface area contributed by atoms with Crippen LogP contribution in [-0.4, -0.2) is 78.1 Å². The Hall–Kier alpha value is -2.66. The summed E-state index contributed by atoms with van der Waals surface area (Å²) >= 11 is 6.53. The molecule has 2 unspecified atom stereocenters. The van der Waals surface area contributed by atoms with Crippen LogP contribution >= 0.6 is 11.6 Å². The van der Waals surface area contributed by atoms with E-state index in [9.17, 15) is 19.5 Å². The van der Waals surface area contributed by atoms with Crippen molar-refractivity contribution in [2.75, 3.05) is 25.2 Å². The Labute approximate surface area is 307 Å². The van der Waals surface area contributed by atoms with Gasteiger partial charge in [-0.1, -0.05) is 62.9 Å². The second-order valence-corrected chi connectivity index (χ2v) is 17.0. The van der Waals surface area contributed by atoms with Crippen LogP contribution in [-0.2, 0) is 28.7 Å². The largest absolute Gasteiger partial charge is 0.454 e. The quantitative estimate of drug-likeness (QED) is 0.229. The van der Waals surface area contributed by atoms with E-state index in [1.165, 1.54) is 39.0 Å². The van der Waals surface area contributed by atoms with Gasteiger partial charge >= 0.3 is 11.9 Å². The van der Waals surface area contributed by atoms with Crippen LogP contribution in [0.2, 0.25) is 5.02 Å². The number of nitrogens with one attached hydrogen (secondary N) is 1. The molecule has 2 heterocycles. The zero-order chi connectivity index (χ0) is 36.2. The molecular formula is C40H56ClN3O7. The van der Waals surface area contributed by atoms with Gasteiger partial charge in [-0.05, 0) is 92.7 Å². The summed E-state index contributed by atoms with van der Waals surface area (Å²) in [7, 11) is 1.80. The van der Waals surface area contributed by atoms with Gasteiger partial charge in [-0.2, -0.15) is 0 Å². The number of hydroxylamine groups is 1. The number of hydrogen-bond donors (Lipinski definition) is 2. The van der Waals surface area contributed by atoms with Gasteiger partial charge in [-0.3, -0.25) is 29.6 Å². The van der Waals surface area contributed by atoms with Crippen LogP contribution in [0, 0.1) is 35.5 Å². The fourth-order valence-electron chi connectivity index (χ4n) is 10.2. The Kier molecular flexibility index (Phi) is 10.5. The Morgan fingerprint density at radius 3 is 2.57 bits per heavy atom. The van der Waals surface area contributed by atoms with E-state index < -0.39 is 42.0 Å². The third kappa shape index (κ3) is 7.07. The molecule has 3 saturated carbocycles. The number of carbonyl (C=O) groups is 3. The molecule has 0 spiro atoms. The first-order valence-electron chi connectivity index (χ1n) is 19.4. The Morgan fingerprint density at radius 2 is 1.86 bits per heavy atom. The Balaban J connectivity index is 1.13. The summed E-state index contributed by atoms with van der Waals surface area (Å²) in [6.07, 6.45) is 9.67. The highest BCUT2D eigenvalue weighted by Crippen LogP contribution is 2.53. The van der Waals surface area contributed by atoms with Gasteiger partial charge in [-0.15, -0.1) is 0 Å². The molecule has 1 aromatic rings. The van der Waals surface area contributed by atoms with Gasteiger partial charge in [-0.25, -0.2) is 0 Å². The number of anilines is 1. The standard InChI is InChI=1S/C40H56ClN3O7/c1-22-18-31-28(23(2)20-44(38(46)27-15-16-27)21-26-10-7-6-8-11-26)17-14-24(3)40(31,48)36(35(22)49-25(4)45)50-39(47)33-19-30-29-12-9-13-32(41)34(29)43(5)51-37(30)42-33/h9,12-13,18,23-24,26-28,30-31,33,35-37,42,48H,6-8,10-11,14-17,19-21H2,1-5H3/t23?,24-,28-,30+,31+,33-,35?,36-,37+,40+/m0/s1. The van der Waals surface area contributed by atoms with Gasteiger partial charge in [0.1, 0.15) is 17.9 Å². The third-order valence-electron chi connectivity index (χ3n) is 13.1. The average Bonchev–Trinajstić information content (AvgIpc) is 3.86. The number of aliphatic hydroxyl groups is 1. The van der Waals surface area contributed by atoms with E-state index in [0.29, 0.717) is 23.9 Å². The van der Waals surface area contributed by atoms with Crippen LogP contribution in [0.4, 0.5) is 5.69 Å². The number of hydrogen-bond acceptors (Lipinski definition) is 9. The van der Waals surface area contributed by atoms with Crippen molar-refractivity contribution in [1.82, 2.24) is 10.2 Å². The molecule has 1 saturated heterocycles. The molecule has 51 heavy (non-hydrogen) atoms. The lowest BCUT2D eigenvalue weighted by Crippen LogP contribution is -2.66. The zero-order valence-electron chi connectivity index (χ0n) is 30.8. The molecule has 0 aromatic heterocycles. The van der Waals surface area contributed by atoms with Gasteiger partial charge < -0.3 is 19.5 Å². The normalized spacial score (nSPS) is 35.5. The van der Waals surface area contributed by atoms with Crippen molar-refractivity contribution in [3.8, 4) is 0 Å². The first kappa shape index (κ1) is 36.7. The first-order valence-corrected chi connectivity index (χ1v) is 19.8. The number of benzene rings is 1. The van der Waals surface area contributed by atoms with E-state index in [0.717, 1.165) is 49.1 Å². The van der Waals surface area contributed by atoms with E-state index in [1.54, 1.807) is 12.1 Å². The molecule has 11 heteroatoms. The van der Waals surface area contributed by atoms with Crippen LogP contribution in [0.1, 0.15) is 103 Å². The number of halogens is 1. The fourth-order valence-corrected chi connectivity index (χ4v) is 10.5. The number of amides is 1. The molecule has 6 aliphatic rings. The molecule has 1 aromatic carbocycles. The third-order valence-corrected chi connectivity index (χ3v) is 13.4. The van der Waals surface area contributed by atoms with Crippen molar-refractivity contribution in [2.45, 2.75) is 128 Å². The highest BCUT2D eigenvalue weighted by Gasteiger charge is 2.61. The minimum absolute atomic E-state index is 0.0409. The smallest absolute Gasteiger partial charge is 0.323 e. The number of esters is 2. The monoisotopic (exact) mass is 725 g/mol. The Bertz CT molecular complexity index is 1530. The predicted molar refractivity (Wildman–Crippen MR) is 194 cm³/mol. The maximum atomic E-state index is 14.2. The Morgan fingerprint density at radius 1 is 1.12 bits per heavy atom. The van der Waals surface area contributed by atoms with E-state index in [-0.39, 0.29) is 41.4 Å². The van der Waals surface area contributed by atoms with Crippen molar-refractivity contribution < 1.29 is 33.8 Å². The van der Waals surface area contributed by atoms with Gasteiger partial charge in [0.15, 0.2) is 12.2 Å². The summed E-state index contributed by atoms with van der Waals surface area (Å²) in [6, 6.07) is 5.02. The summed E-state index contributed by atoms with van der Waals surface area (Å²) in [4.78, 5) is 48.5. The van der Waals surface area contributed by atoms with Gasteiger partial charge in [0.25, 0.3) is 0 Å². The van der Waals surface area contributed by atoms with Crippen LogP contribution in [0.5, 0.6) is 0 Å². The molecule has 4 aliphatic carbocycles. The summed E-state index contributed by atoms with van der Waals surface area (Å²) < 4.78 is 12.3. The molecule has 1 amide bonds. The highest BCUT2D eigenvalue weighted by atomic mass is 35.5. The lowest BCUT2D eigenvalue weighted by atomic mass is 9.55. The van der Waals surface area contributed by atoms with Crippen molar-refractivity contribution in [1.29, 1.82) is 0 Å². The first-order chi connectivity index (χ1) is 24.4. The molecule has 7 rings (SSSR count). The molecule has 10 nitrogen and oxygen atoms in total. The van der Waals surface area contributed by atoms with Crippen LogP contribution in [0.25, 0.3) is 0 Å². The van der Waals surface area contributed by atoms with Gasteiger partial charge in [0, 0.05) is 44.8 Å².